The second kappa shape index (κ2) is 2.67. The zero-order chi connectivity index (χ0) is 6.85. The summed E-state index contributed by atoms with van der Waals surface area (Å²) in [4.78, 5) is 0. The van der Waals surface area contributed by atoms with Gasteiger partial charge in [-0.1, -0.05) is 6.92 Å². The molecule has 0 aromatic carbocycles. The minimum absolute atomic E-state index is 0.496. The van der Waals surface area contributed by atoms with E-state index in [0.29, 0.717) is 12.2 Å². The third-order valence-corrected chi connectivity index (χ3v) is 2.11. The van der Waals surface area contributed by atoms with Crippen LogP contribution in [0.4, 0.5) is 0 Å². The van der Waals surface area contributed by atoms with Crippen LogP contribution >= 0.6 is 0 Å². The van der Waals surface area contributed by atoms with Gasteiger partial charge in [-0.3, -0.25) is 5.32 Å². The fourth-order valence-electron chi connectivity index (χ4n) is 1.16. The van der Waals surface area contributed by atoms with E-state index in [0.717, 1.165) is 12.5 Å². The maximum atomic E-state index is 3.42. The SMILES string of the molecule is C[C@H]1NC[C@@H](C)[C@@H](C)N1. The molecule has 0 saturated carbocycles. The Morgan fingerprint density at radius 2 is 1.89 bits per heavy atom. The summed E-state index contributed by atoms with van der Waals surface area (Å²) in [6, 6.07) is 0.668. The molecule has 1 saturated heterocycles. The third-order valence-electron chi connectivity index (χ3n) is 2.11. The lowest BCUT2D eigenvalue weighted by molar-refractivity contribution is 0.258. The zero-order valence-electron chi connectivity index (χ0n) is 6.44. The number of hydrogen-bond acceptors (Lipinski definition) is 2. The maximum absolute atomic E-state index is 3.42. The lowest BCUT2D eigenvalue weighted by Crippen LogP contribution is -2.55. The highest BCUT2D eigenvalue weighted by Crippen LogP contribution is 2.05. The Morgan fingerprint density at radius 3 is 2.33 bits per heavy atom. The molecule has 0 aromatic heterocycles. The average molecular weight is 128 g/mol. The molecule has 0 aromatic rings. The van der Waals surface area contributed by atoms with Crippen LogP contribution in [0, 0.1) is 5.92 Å². The topological polar surface area (TPSA) is 24.1 Å². The maximum Gasteiger partial charge on any atom is 0.0544 e. The van der Waals surface area contributed by atoms with E-state index >= 15 is 0 Å². The lowest BCUT2D eigenvalue weighted by Gasteiger charge is -2.32. The largest absolute Gasteiger partial charge is 0.302 e. The quantitative estimate of drug-likeness (QED) is 0.498. The van der Waals surface area contributed by atoms with Gasteiger partial charge in [0.2, 0.25) is 0 Å². The molecule has 1 rings (SSSR count). The summed E-state index contributed by atoms with van der Waals surface area (Å²) in [6.45, 7) is 7.80. The van der Waals surface area contributed by atoms with Gasteiger partial charge >= 0.3 is 0 Å². The molecule has 1 aliphatic rings. The van der Waals surface area contributed by atoms with Crippen molar-refractivity contribution in [2.45, 2.75) is 33.0 Å². The van der Waals surface area contributed by atoms with E-state index in [1.54, 1.807) is 0 Å². The molecule has 0 amide bonds. The van der Waals surface area contributed by atoms with Crippen molar-refractivity contribution in [2.75, 3.05) is 6.54 Å². The molecule has 1 fully saturated rings. The minimum atomic E-state index is 0.496. The van der Waals surface area contributed by atoms with Crippen LogP contribution in [0.1, 0.15) is 20.8 Å². The molecule has 2 heteroatoms. The molecule has 0 bridgehead atoms. The molecule has 54 valence electrons. The van der Waals surface area contributed by atoms with Crippen molar-refractivity contribution in [3.8, 4) is 0 Å². The van der Waals surface area contributed by atoms with Gasteiger partial charge in [0, 0.05) is 12.6 Å². The van der Waals surface area contributed by atoms with Crippen molar-refractivity contribution in [3.63, 3.8) is 0 Å². The number of hydrogen-bond donors (Lipinski definition) is 2. The summed E-state index contributed by atoms with van der Waals surface area (Å²) in [6.07, 6.45) is 0.496. The van der Waals surface area contributed by atoms with E-state index < -0.39 is 0 Å². The highest BCUT2D eigenvalue weighted by Gasteiger charge is 2.19. The molecule has 9 heavy (non-hydrogen) atoms. The van der Waals surface area contributed by atoms with Crippen LogP contribution in [0.2, 0.25) is 0 Å². The van der Waals surface area contributed by atoms with Crippen LogP contribution < -0.4 is 10.6 Å². The number of rotatable bonds is 0. The molecule has 2 N–H and O–H groups in total. The summed E-state index contributed by atoms with van der Waals surface area (Å²) in [7, 11) is 0. The standard InChI is InChI=1S/C7H16N2/c1-5-4-8-7(3)9-6(5)2/h5-9H,4H2,1-3H3/t5-,6-,7+/m1/s1. The van der Waals surface area contributed by atoms with Gasteiger partial charge < -0.3 is 5.32 Å². The van der Waals surface area contributed by atoms with Crippen LogP contribution in [-0.2, 0) is 0 Å². The first kappa shape index (κ1) is 7.03. The first-order chi connectivity index (χ1) is 4.20. The molecular weight excluding hydrogens is 112 g/mol. The number of nitrogens with one attached hydrogen (secondary N) is 2. The molecule has 2 nitrogen and oxygen atoms in total. The predicted octanol–water partition coefficient (Wildman–Crippen LogP) is 0.550. The first-order valence-corrected chi connectivity index (χ1v) is 3.69. The second-order valence-electron chi connectivity index (χ2n) is 3.06. The van der Waals surface area contributed by atoms with Crippen molar-refractivity contribution in [3.05, 3.63) is 0 Å². The summed E-state index contributed by atoms with van der Waals surface area (Å²) in [5.41, 5.74) is 0. The molecule has 1 heterocycles. The fourth-order valence-corrected chi connectivity index (χ4v) is 1.16. The normalized spacial score (nSPS) is 45.0. The highest BCUT2D eigenvalue weighted by molar-refractivity contribution is 4.78. The van der Waals surface area contributed by atoms with Crippen molar-refractivity contribution in [1.29, 1.82) is 0 Å². The van der Waals surface area contributed by atoms with Gasteiger partial charge in [0.25, 0.3) is 0 Å². The Labute approximate surface area is 57.0 Å². The Bertz CT molecular complexity index is 92.9. The van der Waals surface area contributed by atoms with E-state index in [4.69, 9.17) is 0 Å². The van der Waals surface area contributed by atoms with E-state index in [-0.39, 0.29) is 0 Å². The van der Waals surface area contributed by atoms with Gasteiger partial charge in [-0.15, -0.1) is 0 Å². The van der Waals surface area contributed by atoms with Crippen molar-refractivity contribution in [2.24, 2.45) is 5.92 Å². The van der Waals surface area contributed by atoms with E-state index in [1.165, 1.54) is 0 Å². The molecule has 0 unspecified atom stereocenters. The van der Waals surface area contributed by atoms with Crippen LogP contribution in [0.25, 0.3) is 0 Å². The van der Waals surface area contributed by atoms with Gasteiger partial charge in [-0.2, -0.15) is 0 Å². The Kier molecular flexibility index (Phi) is 2.09. The molecule has 1 aliphatic heterocycles. The van der Waals surface area contributed by atoms with E-state index in [2.05, 4.69) is 31.4 Å². The fraction of sp³-hybridized carbons (Fsp3) is 1.00. The van der Waals surface area contributed by atoms with Crippen LogP contribution in [0.15, 0.2) is 0 Å². The predicted molar refractivity (Wildman–Crippen MR) is 39.2 cm³/mol. The summed E-state index contributed by atoms with van der Waals surface area (Å²) >= 11 is 0. The summed E-state index contributed by atoms with van der Waals surface area (Å²) in [5, 5.41) is 6.77. The van der Waals surface area contributed by atoms with Gasteiger partial charge in [0.15, 0.2) is 0 Å². The van der Waals surface area contributed by atoms with Gasteiger partial charge in [-0.25, -0.2) is 0 Å². The van der Waals surface area contributed by atoms with Gasteiger partial charge in [0.05, 0.1) is 6.17 Å². The Morgan fingerprint density at radius 1 is 1.22 bits per heavy atom. The summed E-state index contributed by atoms with van der Waals surface area (Å²) in [5.74, 6) is 0.765. The highest BCUT2D eigenvalue weighted by atomic mass is 15.2. The molecule has 3 atom stereocenters. The van der Waals surface area contributed by atoms with Crippen molar-refractivity contribution < 1.29 is 0 Å². The Hall–Kier alpha value is -0.0800. The first-order valence-electron chi connectivity index (χ1n) is 3.69. The molecule has 0 spiro atoms. The molecule has 0 aliphatic carbocycles. The van der Waals surface area contributed by atoms with Gasteiger partial charge in [-0.05, 0) is 19.8 Å². The third kappa shape index (κ3) is 1.66. The summed E-state index contributed by atoms with van der Waals surface area (Å²) < 4.78 is 0. The van der Waals surface area contributed by atoms with E-state index in [9.17, 15) is 0 Å². The Balaban J connectivity index is 2.35. The average Bonchev–Trinajstić information content (AvgIpc) is 1.80. The van der Waals surface area contributed by atoms with Crippen molar-refractivity contribution in [1.82, 2.24) is 10.6 Å². The molecule has 0 radical (unpaired) electrons. The smallest absolute Gasteiger partial charge is 0.0544 e. The zero-order valence-corrected chi connectivity index (χ0v) is 6.44. The second-order valence-corrected chi connectivity index (χ2v) is 3.06. The lowest BCUT2D eigenvalue weighted by atomic mass is 10.0. The minimum Gasteiger partial charge on any atom is -0.302 e. The van der Waals surface area contributed by atoms with Crippen LogP contribution in [0.5, 0.6) is 0 Å². The van der Waals surface area contributed by atoms with E-state index in [1.807, 2.05) is 0 Å². The van der Waals surface area contributed by atoms with Crippen LogP contribution in [-0.4, -0.2) is 18.8 Å². The van der Waals surface area contributed by atoms with Crippen molar-refractivity contribution >= 4 is 0 Å². The van der Waals surface area contributed by atoms with Gasteiger partial charge in [0.1, 0.15) is 0 Å². The van der Waals surface area contributed by atoms with Crippen LogP contribution in [0.3, 0.4) is 0 Å². The monoisotopic (exact) mass is 128 g/mol. The molecular formula is C7H16N2.